The Morgan fingerprint density at radius 3 is 2.80 bits per heavy atom. The standard InChI is InChI=1S/C11H17NO3/c1-8(2)15-7-11(13)12-9(3)10-5-4-6-14-10/h4-6,8-9H,7H2,1-3H3,(H,12,13)/t9-/m0/s1. The molecule has 0 saturated carbocycles. The van der Waals surface area contributed by atoms with E-state index >= 15 is 0 Å². The quantitative estimate of drug-likeness (QED) is 0.809. The summed E-state index contributed by atoms with van der Waals surface area (Å²) < 4.78 is 10.3. The number of carbonyl (C=O) groups excluding carboxylic acids is 1. The highest BCUT2D eigenvalue weighted by Gasteiger charge is 2.11. The predicted molar refractivity (Wildman–Crippen MR) is 56.4 cm³/mol. The topological polar surface area (TPSA) is 51.5 Å². The Labute approximate surface area is 89.6 Å². The number of amides is 1. The van der Waals surface area contributed by atoms with Gasteiger partial charge in [0.1, 0.15) is 12.4 Å². The lowest BCUT2D eigenvalue weighted by molar-refractivity contribution is -0.127. The van der Waals surface area contributed by atoms with Crippen molar-refractivity contribution in [2.45, 2.75) is 32.9 Å². The first kappa shape index (κ1) is 11.8. The van der Waals surface area contributed by atoms with E-state index in [2.05, 4.69) is 5.32 Å². The molecule has 0 saturated heterocycles. The highest BCUT2D eigenvalue weighted by atomic mass is 16.5. The van der Waals surface area contributed by atoms with E-state index in [0.717, 1.165) is 5.76 Å². The Morgan fingerprint density at radius 1 is 1.53 bits per heavy atom. The fourth-order valence-corrected chi connectivity index (χ4v) is 1.13. The number of ether oxygens (including phenoxy) is 1. The van der Waals surface area contributed by atoms with Gasteiger partial charge in [-0.1, -0.05) is 0 Å². The van der Waals surface area contributed by atoms with Crippen LogP contribution in [-0.2, 0) is 9.53 Å². The number of nitrogens with one attached hydrogen (secondary N) is 1. The fourth-order valence-electron chi connectivity index (χ4n) is 1.13. The third-order valence-corrected chi connectivity index (χ3v) is 1.90. The van der Waals surface area contributed by atoms with Gasteiger partial charge in [0.05, 0.1) is 18.4 Å². The van der Waals surface area contributed by atoms with Gasteiger partial charge in [-0.25, -0.2) is 0 Å². The summed E-state index contributed by atoms with van der Waals surface area (Å²) in [7, 11) is 0. The lowest BCUT2D eigenvalue weighted by Gasteiger charge is -2.12. The summed E-state index contributed by atoms with van der Waals surface area (Å²) in [5.74, 6) is 0.612. The Balaban J connectivity index is 2.32. The van der Waals surface area contributed by atoms with Crippen LogP contribution in [0.3, 0.4) is 0 Å². The normalized spacial score (nSPS) is 12.8. The molecule has 4 heteroatoms. The highest BCUT2D eigenvalue weighted by molar-refractivity contribution is 5.77. The molecule has 0 unspecified atom stereocenters. The first-order valence-electron chi connectivity index (χ1n) is 5.04. The van der Waals surface area contributed by atoms with Crippen molar-refractivity contribution in [2.24, 2.45) is 0 Å². The van der Waals surface area contributed by atoms with Gasteiger partial charge in [-0.15, -0.1) is 0 Å². The minimum absolute atomic E-state index is 0.0645. The Morgan fingerprint density at radius 2 is 2.27 bits per heavy atom. The SMILES string of the molecule is CC(C)OCC(=O)N[C@@H](C)c1ccco1. The highest BCUT2D eigenvalue weighted by Crippen LogP contribution is 2.11. The molecule has 1 aromatic heterocycles. The van der Waals surface area contributed by atoms with E-state index in [0.29, 0.717) is 0 Å². The number of hydrogen-bond donors (Lipinski definition) is 1. The molecule has 1 atom stereocenters. The summed E-state index contributed by atoms with van der Waals surface area (Å²) in [5, 5.41) is 2.78. The molecular weight excluding hydrogens is 194 g/mol. The second-order valence-electron chi connectivity index (χ2n) is 3.66. The molecule has 84 valence electrons. The average Bonchev–Trinajstić information content (AvgIpc) is 2.67. The summed E-state index contributed by atoms with van der Waals surface area (Å²) in [6.45, 7) is 5.74. The maximum atomic E-state index is 11.4. The summed E-state index contributed by atoms with van der Waals surface area (Å²) >= 11 is 0. The van der Waals surface area contributed by atoms with E-state index in [1.807, 2.05) is 26.8 Å². The van der Waals surface area contributed by atoms with Crippen molar-refractivity contribution in [3.63, 3.8) is 0 Å². The Bertz CT molecular complexity index is 293. The van der Waals surface area contributed by atoms with Gasteiger partial charge in [0.25, 0.3) is 0 Å². The van der Waals surface area contributed by atoms with Crippen LogP contribution in [0.4, 0.5) is 0 Å². The van der Waals surface area contributed by atoms with Gasteiger partial charge >= 0.3 is 0 Å². The molecule has 0 radical (unpaired) electrons. The van der Waals surface area contributed by atoms with Gasteiger partial charge < -0.3 is 14.5 Å². The van der Waals surface area contributed by atoms with Crippen molar-refractivity contribution < 1.29 is 13.9 Å². The van der Waals surface area contributed by atoms with Crippen LogP contribution in [0.2, 0.25) is 0 Å². The molecule has 0 spiro atoms. The maximum Gasteiger partial charge on any atom is 0.246 e. The summed E-state index contributed by atoms with van der Waals surface area (Å²) in [6, 6.07) is 3.50. The number of furan rings is 1. The largest absolute Gasteiger partial charge is 0.467 e. The van der Waals surface area contributed by atoms with E-state index in [4.69, 9.17) is 9.15 Å². The van der Waals surface area contributed by atoms with Crippen LogP contribution in [0.5, 0.6) is 0 Å². The predicted octanol–water partition coefficient (Wildman–Crippen LogP) is 1.88. The van der Waals surface area contributed by atoms with Crippen LogP contribution in [0.1, 0.15) is 32.6 Å². The molecule has 1 N–H and O–H groups in total. The van der Waals surface area contributed by atoms with E-state index in [9.17, 15) is 4.79 Å². The van der Waals surface area contributed by atoms with Crippen LogP contribution in [-0.4, -0.2) is 18.6 Å². The van der Waals surface area contributed by atoms with Gasteiger partial charge in [0.2, 0.25) is 5.91 Å². The molecule has 0 fully saturated rings. The third-order valence-electron chi connectivity index (χ3n) is 1.90. The van der Waals surface area contributed by atoms with E-state index in [1.165, 1.54) is 0 Å². The number of carbonyl (C=O) groups is 1. The van der Waals surface area contributed by atoms with Crippen LogP contribution < -0.4 is 5.32 Å². The van der Waals surface area contributed by atoms with Crippen LogP contribution >= 0.6 is 0 Å². The lowest BCUT2D eigenvalue weighted by atomic mass is 10.2. The van der Waals surface area contributed by atoms with E-state index < -0.39 is 0 Å². The molecule has 0 aliphatic rings. The first-order valence-corrected chi connectivity index (χ1v) is 5.04. The lowest BCUT2D eigenvalue weighted by Crippen LogP contribution is -2.30. The zero-order valence-corrected chi connectivity index (χ0v) is 9.32. The molecule has 0 aromatic carbocycles. The van der Waals surface area contributed by atoms with Crippen molar-refractivity contribution in [1.29, 1.82) is 0 Å². The van der Waals surface area contributed by atoms with Gasteiger partial charge in [0, 0.05) is 0 Å². The Hall–Kier alpha value is -1.29. The van der Waals surface area contributed by atoms with Gasteiger partial charge in [-0.3, -0.25) is 4.79 Å². The van der Waals surface area contributed by atoms with Crippen molar-refractivity contribution >= 4 is 5.91 Å². The second kappa shape index (κ2) is 5.56. The maximum absolute atomic E-state index is 11.4. The molecule has 15 heavy (non-hydrogen) atoms. The van der Waals surface area contributed by atoms with E-state index in [-0.39, 0.29) is 24.7 Å². The van der Waals surface area contributed by atoms with Crippen molar-refractivity contribution in [2.75, 3.05) is 6.61 Å². The summed E-state index contributed by atoms with van der Waals surface area (Å²) in [5.41, 5.74) is 0. The molecule has 4 nitrogen and oxygen atoms in total. The van der Waals surface area contributed by atoms with Gasteiger partial charge in [-0.2, -0.15) is 0 Å². The van der Waals surface area contributed by atoms with Gasteiger partial charge in [-0.05, 0) is 32.9 Å². The van der Waals surface area contributed by atoms with Crippen molar-refractivity contribution in [3.8, 4) is 0 Å². The molecule has 1 rings (SSSR count). The molecule has 1 amide bonds. The molecule has 1 heterocycles. The second-order valence-corrected chi connectivity index (χ2v) is 3.66. The fraction of sp³-hybridized carbons (Fsp3) is 0.545. The smallest absolute Gasteiger partial charge is 0.246 e. The molecule has 0 aliphatic heterocycles. The van der Waals surface area contributed by atoms with Crippen LogP contribution in [0.25, 0.3) is 0 Å². The van der Waals surface area contributed by atoms with Crippen molar-refractivity contribution in [1.82, 2.24) is 5.32 Å². The first-order chi connectivity index (χ1) is 7.09. The minimum atomic E-state index is -0.132. The zero-order chi connectivity index (χ0) is 11.3. The van der Waals surface area contributed by atoms with Crippen LogP contribution in [0.15, 0.2) is 22.8 Å². The monoisotopic (exact) mass is 211 g/mol. The third kappa shape index (κ3) is 4.16. The average molecular weight is 211 g/mol. The Kier molecular flexibility index (Phi) is 4.37. The molecule has 1 aromatic rings. The van der Waals surface area contributed by atoms with Crippen molar-refractivity contribution in [3.05, 3.63) is 24.2 Å². The number of hydrogen-bond acceptors (Lipinski definition) is 3. The molecule has 0 aliphatic carbocycles. The minimum Gasteiger partial charge on any atom is -0.467 e. The molecule has 0 bridgehead atoms. The van der Waals surface area contributed by atoms with E-state index in [1.54, 1.807) is 12.3 Å². The molecular formula is C11H17NO3. The van der Waals surface area contributed by atoms with Crippen LogP contribution in [0, 0.1) is 0 Å². The van der Waals surface area contributed by atoms with Gasteiger partial charge in [0.15, 0.2) is 0 Å². The summed E-state index contributed by atoms with van der Waals surface area (Å²) in [6.07, 6.45) is 1.65. The zero-order valence-electron chi connectivity index (χ0n) is 9.32. The number of rotatable bonds is 5. The summed E-state index contributed by atoms with van der Waals surface area (Å²) in [4.78, 5) is 11.4.